The van der Waals surface area contributed by atoms with Gasteiger partial charge in [-0.15, -0.1) is 0 Å². The number of nitrogens with zero attached hydrogens (tertiary/aromatic N) is 4. The van der Waals surface area contributed by atoms with Crippen molar-refractivity contribution >= 4 is 31.1 Å². The maximum absolute atomic E-state index is 13.0. The number of hydrogen-bond acceptors (Lipinski definition) is 8. The fourth-order valence-corrected chi connectivity index (χ4v) is 6.16. The van der Waals surface area contributed by atoms with Gasteiger partial charge in [-0.1, -0.05) is 6.07 Å². The van der Waals surface area contributed by atoms with E-state index in [0.29, 0.717) is 11.3 Å². The Hall–Kier alpha value is -2.54. The smallest absolute Gasteiger partial charge is 0.245 e. The summed E-state index contributed by atoms with van der Waals surface area (Å²) in [5.74, 6) is 0.552. The highest BCUT2D eigenvalue weighted by Crippen LogP contribution is 2.26. The molecular weight excluding hydrogens is 420 g/mol. The highest BCUT2D eigenvalue weighted by molar-refractivity contribution is 7.89. The molecule has 1 fully saturated rings. The number of hydrogen-bond donors (Lipinski definition) is 0. The van der Waals surface area contributed by atoms with E-state index in [-0.39, 0.29) is 41.5 Å². The first kappa shape index (κ1) is 19.8. The SMILES string of the molecule is COc1ccc(S(=O)(=O)N2CCN(S(=O)(=O)c3cccc4nonc34)CC2)cc1. The van der Waals surface area contributed by atoms with Gasteiger partial charge in [0.25, 0.3) is 0 Å². The number of sulfonamides is 2. The van der Waals surface area contributed by atoms with Crippen LogP contribution in [0.5, 0.6) is 5.75 Å². The third kappa shape index (κ3) is 3.48. The van der Waals surface area contributed by atoms with Crippen LogP contribution in [-0.2, 0) is 20.0 Å². The highest BCUT2D eigenvalue weighted by Gasteiger charge is 2.35. The maximum Gasteiger partial charge on any atom is 0.245 e. The number of rotatable bonds is 5. The maximum atomic E-state index is 13.0. The minimum atomic E-state index is -3.87. The molecule has 4 rings (SSSR count). The number of aromatic nitrogens is 2. The van der Waals surface area contributed by atoms with E-state index in [1.54, 1.807) is 24.3 Å². The van der Waals surface area contributed by atoms with Crippen molar-refractivity contribution in [3.05, 3.63) is 42.5 Å². The number of fused-ring (bicyclic) bond motifs is 1. The molecule has 10 nitrogen and oxygen atoms in total. The summed E-state index contributed by atoms with van der Waals surface area (Å²) in [6.45, 7) is 0.139. The lowest BCUT2D eigenvalue weighted by Gasteiger charge is -2.33. The Morgan fingerprint density at radius 1 is 0.862 bits per heavy atom. The van der Waals surface area contributed by atoms with Crippen LogP contribution in [0.15, 0.2) is 56.9 Å². The Labute approximate surface area is 167 Å². The van der Waals surface area contributed by atoms with Crippen LogP contribution in [0.2, 0.25) is 0 Å². The van der Waals surface area contributed by atoms with Crippen molar-refractivity contribution in [3.8, 4) is 5.75 Å². The summed E-state index contributed by atoms with van der Waals surface area (Å²) in [4.78, 5) is 0.121. The van der Waals surface area contributed by atoms with Gasteiger partial charge in [-0.2, -0.15) is 8.61 Å². The Kier molecular flexibility index (Phi) is 5.02. The molecule has 2 heterocycles. The Morgan fingerprint density at radius 2 is 1.48 bits per heavy atom. The monoisotopic (exact) mass is 438 g/mol. The lowest BCUT2D eigenvalue weighted by atomic mass is 10.3. The van der Waals surface area contributed by atoms with Crippen molar-refractivity contribution in [2.75, 3.05) is 33.3 Å². The van der Waals surface area contributed by atoms with Crippen LogP contribution in [0, 0.1) is 0 Å². The predicted molar refractivity (Wildman–Crippen MR) is 102 cm³/mol. The van der Waals surface area contributed by atoms with Crippen LogP contribution >= 0.6 is 0 Å². The number of methoxy groups -OCH3 is 1. The number of piperazine rings is 1. The van der Waals surface area contributed by atoms with E-state index in [1.807, 2.05) is 0 Å². The van der Waals surface area contributed by atoms with Crippen molar-refractivity contribution < 1.29 is 26.2 Å². The first-order valence-corrected chi connectivity index (χ1v) is 11.6. The quantitative estimate of drug-likeness (QED) is 0.576. The van der Waals surface area contributed by atoms with Crippen LogP contribution in [0.3, 0.4) is 0 Å². The molecule has 0 bridgehead atoms. The zero-order valence-electron chi connectivity index (χ0n) is 15.4. The highest BCUT2D eigenvalue weighted by atomic mass is 32.2. The molecule has 0 atom stereocenters. The second kappa shape index (κ2) is 7.37. The predicted octanol–water partition coefficient (Wildman–Crippen LogP) is 0.927. The molecule has 0 spiro atoms. The van der Waals surface area contributed by atoms with Crippen molar-refractivity contribution in [3.63, 3.8) is 0 Å². The molecule has 3 aromatic rings. The van der Waals surface area contributed by atoms with Crippen molar-refractivity contribution in [2.45, 2.75) is 9.79 Å². The number of benzene rings is 2. The van der Waals surface area contributed by atoms with Crippen LogP contribution < -0.4 is 4.74 Å². The fraction of sp³-hybridized carbons (Fsp3) is 0.294. The summed E-state index contributed by atoms with van der Waals surface area (Å²) in [6.07, 6.45) is 0. The lowest BCUT2D eigenvalue weighted by molar-refractivity contribution is 0.273. The van der Waals surface area contributed by atoms with E-state index in [9.17, 15) is 16.8 Å². The summed E-state index contributed by atoms with van der Waals surface area (Å²) in [5.41, 5.74) is 0.493. The minimum Gasteiger partial charge on any atom is -0.497 e. The average molecular weight is 438 g/mol. The van der Waals surface area contributed by atoms with Crippen LogP contribution in [0.1, 0.15) is 0 Å². The normalized spacial score (nSPS) is 16.9. The van der Waals surface area contributed by atoms with Gasteiger partial charge in [-0.05, 0) is 46.7 Å². The standard InChI is InChI=1S/C17H18N4O6S2/c1-26-13-5-7-14(8-6-13)28(22,23)20-9-11-21(12-10-20)29(24,25)16-4-2-3-15-17(16)19-27-18-15/h2-8H,9-12H2,1H3. The first-order valence-electron chi connectivity index (χ1n) is 8.70. The average Bonchev–Trinajstić information content (AvgIpc) is 3.22. The zero-order valence-corrected chi connectivity index (χ0v) is 17.1. The molecule has 2 aromatic carbocycles. The largest absolute Gasteiger partial charge is 0.497 e. The van der Waals surface area contributed by atoms with Gasteiger partial charge in [0.1, 0.15) is 16.2 Å². The van der Waals surface area contributed by atoms with Gasteiger partial charge in [0.2, 0.25) is 20.0 Å². The van der Waals surface area contributed by atoms with E-state index in [0.717, 1.165) is 0 Å². The zero-order chi connectivity index (χ0) is 20.6. The molecule has 0 unspecified atom stereocenters. The van der Waals surface area contributed by atoms with Gasteiger partial charge in [0.05, 0.1) is 12.0 Å². The van der Waals surface area contributed by atoms with E-state index in [4.69, 9.17) is 4.74 Å². The molecule has 0 N–H and O–H groups in total. The van der Waals surface area contributed by atoms with E-state index >= 15 is 0 Å². The molecule has 1 aliphatic rings. The van der Waals surface area contributed by atoms with Gasteiger partial charge in [-0.3, -0.25) is 0 Å². The first-order chi connectivity index (χ1) is 13.8. The summed E-state index contributed by atoms with van der Waals surface area (Å²) >= 11 is 0. The molecule has 1 aliphatic heterocycles. The van der Waals surface area contributed by atoms with Gasteiger partial charge >= 0.3 is 0 Å². The molecule has 0 radical (unpaired) electrons. The van der Waals surface area contributed by atoms with Crippen molar-refractivity contribution in [1.29, 1.82) is 0 Å². The van der Waals surface area contributed by atoms with Gasteiger partial charge in [0, 0.05) is 26.2 Å². The molecule has 1 aromatic heterocycles. The Balaban J connectivity index is 1.53. The summed E-state index contributed by atoms with van der Waals surface area (Å²) < 4.78 is 63.9. The van der Waals surface area contributed by atoms with E-state index in [1.165, 1.54) is 33.9 Å². The van der Waals surface area contributed by atoms with Gasteiger partial charge in [0.15, 0.2) is 5.52 Å². The molecule has 1 saturated heterocycles. The third-order valence-corrected chi connectivity index (χ3v) is 8.60. The molecule has 0 saturated carbocycles. The second-order valence-corrected chi connectivity index (χ2v) is 10.2. The van der Waals surface area contributed by atoms with E-state index in [2.05, 4.69) is 14.9 Å². The molecular formula is C17H18N4O6S2. The van der Waals surface area contributed by atoms with Crippen LogP contribution in [0.4, 0.5) is 0 Å². The van der Waals surface area contributed by atoms with Gasteiger partial charge in [-0.25, -0.2) is 21.5 Å². The van der Waals surface area contributed by atoms with Crippen LogP contribution in [0.25, 0.3) is 11.0 Å². The molecule has 29 heavy (non-hydrogen) atoms. The minimum absolute atomic E-state index is 0.0114. The summed E-state index contributed by atoms with van der Waals surface area (Å²) in [7, 11) is -6.10. The lowest BCUT2D eigenvalue weighted by Crippen LogP contribution is -2.50. The van der Waals surface area contributed by atoms with Crippen molar-refractivity contribution in [1.82, 2.24) is 18.9 Å². The van der Waals surface area contributed by atoms with Crippen LogP contribution in [-0.4, -0.2) is 69.0 Å². The van der Waals surface area contributed by atoms with E-state index < -0.39 is 20.0 Å². The molecule has 0 amide bonds. The topological polar surface area (TPSA) is 123 Å². The third-order valence-electron chi connectivity index (χ3n) is 4.76. The Morgan fingerprint density at radius 3 is 2.10 bits per heavy atom. The fourth-order valence-electron chi connectivity index (χ4n) is 3.18. The molecule has 12 heteroatoms. The van der Waals surface area contributed by atoms with Crippen molar-refractivity contribution in [2.24, 2.45) is 0 Å². The molecule has 0 aliphatic carbocycles. The Bertz CT molecular complexity index is 1230. The summed E-state index contributed by atoms with van der Waals surface area (Å²) in [5, 5.41) is 7.34. The van der Waals surface area contributed by atoms with Gasteiger partial charge < -0.3 is 4.74 Å². The second-order valence-electron chi connectivity index (χ2n) is 6.37. The molecule has 154 valence electrons. The number of ether oxygens (including phenoxy) is 1. The summed E-state index contributed by atoms with van der Waals surface area (Å²) in [6, 6.07) is 10.7.